The highest BCUT2D eigenvalue weighted by Gasteiger charge is 2.15. The highest BCUT2D eigenvalue weighted by atomic mass is 32.2. The van der Waals surface area contributed by atoms with E-state index in [4.69, 9.17) is 5.26 Å². The van der Waals surface area contributed by atoms with Gasteiger partial charge in [0.15, 0.2) is 8.68 Å². The fourth-order valence-corrected chi connectivity index (χ4v) is 3.52. The van der Waals surface area contributed by atoms with Gasteiger partial charge in [0.2, 0.25) is 0 Å². The van der Waals surface area contributed by atoms with E-state index in [2.05, 4.69) is 10.2 Å². The molecule has 0 bridgehead atoms. The summed E-state index contributed by atoms with van der Waals surface area (Å²) in [5, 5.41) is 16.2. The number of hydrogen-bond donors (Lipinski definition) is 0. The fraction of sp³-hybridized carbons (Fsp3) is 0.100. The third-order valence-electron chi connectivity index (χ3n) is 1.88. The third-order valence-corrected chi connectivity index (χ3v) is 4.92. The van der Waals surface area contributed by atoms with Crippen LogP contribution in [0.5, 0.6) is 0 Å². The van der Waals surface area contributed by atoms with Crippen LogP contribution in [-0.4, -0.2) is 16.5 Å². The molecule has 0 atom stereocenters. The normalized spacial score (nSPS) is 10.3. The van der Waals surface area contributed by atoms with Crippen molar-refractivity contribution in [2.75, 3.05) is 6.26 Å². The van der Waals surface area contributed by atoms with Crippen molar-refractivity contribution in [2.24, 2.45) is 0 Å². The molecule has 0 saturated heterocycles. The Balaban J connectivity index is 2.32. The van der Waals surface area contributed by atoms with Crippen molar-refractivity contribution >= 4 is 34.9 Å². The highest BCUT2D eigenvalue weighted by molar-refractivity contribution is 8.03. The van der Waals surface area contributed by atoms with Gasteiger partial charge in [-0.25, -0.2) is 8.78 Å². The van der Waals surface area contributed by atoms with Crippen LogP contribution in [0.15, 0.2) is 25.7 Å². The lowest BCUT2D eigenvalue weighted by Gasteiger charge is -2.02. The second kappa shape index (κ2) is 5.65. The second-order valence-electron chi connectivity index (χ2n) is 3.02. The Kier molecular flexibility index (Phi) is 4.16. The maximum absolute atomic E-state index is 13.6. The third kappa shape index (κ3) is 2.80. The monoisotopic (exact) mass is 301 g/mol. The van der Waals surface area contributed by atoms with Gasteiger partial charge in [0.1, 0.15) is 11.6 Å². The Morgan fingerprint density at radius 2 is 1.83 bits per heavy atom. The van der Waals surface area contributed by atoms with Crippen LogP contribution in [0.2, 0.25) is 0 Å². The van der Waals surface area contributed by atoms with Gasteiger partial charge in [-0.3, -0.25) is 0 Å². The number of nitrogens with zero attached hydrogens (tertiary/aromatic N) is 3. The molecule has 3 nitrogen and oxygen atoms in total. The van der Waals surface area contributed by atoms with Gasteiger partial charge in [-0.15, -0.1) is 10.2 Å². The maximum Gasteiger partial charge on any atom is 0.180 e. The summed E-state index contributed by atoms with van der Waals surface area (Å²) in [6.45, 7) is 0. The summed E-state index contributed by atoms with van der Waals surface area (Å²) in [7, 11) is 0. The van der Waals surface area contributed by atoms with Gasteiger partial charge in [-0.05, 0) is 18.4 Å². The first-order chi connectivity index (χ1) is 8.63. The van der Waals surface area contributed by atoms with E-state index in [-0.39, 0.29) is 10.5 Å². The predicted octanol–water partition coefficient (Wildman–Crippen LogP) is 3.56. The minimum Gasteiger partial charge on any atom is -0.206 e. The molecule has 18 heavy (non-hydrogen) atoms. The average molecular weight is 301 g/mol. The first kappa shape index (κ1) is 13.3. The molecule has 1 aromatic carbocycles. The van der Waals surface area contributed by atoms with Crippen molar-refractivity contribution in [1.29, 1.82) is 5.26 Å². The van der Waals surface area contributed by atoms with Gasteiger partial charge >= 0.3 is 0 Å². The van der Waals surface area contributed by atoms with Crippen LogP contribution < -0.4 is 0 Å². The van der Waals surface area contributed by atoms with Crippen LogP contribution in [-0.2, 0) is 0 Å². The molecule has 0 spiro atoms. The van der Waals surface area contributed by atoms with E-state index in [1.165, 1.54) is 23.1 Å². The zero-order valence-electron chi connectivity index (χ0n) is 8.98. The zero-order chi connectivity index (χ0) is 13.1. The van der Waals surface area contributed by atoms with Gasteiger partial charge in [0.25, 0.3) is 0 Å². The maximum atomic E-state index is 13.6. The summed E-state index contributed by atoms with van der Waals surface area (Å²) in [6.07, 6.45) is 1.85. The summed E-state index contributed by atoms with van der Waals surface area (Å²) < 4.78 is 28.4. The van der Waals surface area contributed by atoms with Crippen LogP contribution in [0.4, 0.5) is 8.78 Å². The quantitative estimate of drug-likeness (QED) is 0.811. The van der Waals surface area contributed by atoms with E-state index in [9.17, 15) is 8.78 Å². The first-order valence-electron chi connectivity index (χ1n) is 4.58. The van der Waals surface area contributed by atoms with Gasteiger partial charge in [0, 0.05) is 0 Å². The van der Waals surface area contributed by atoms with Crippen LogP contribution >= 0.6 is 34.9 Å². The first-order valence-corrected chi connectivity index (χ1v) is 7.44. The molecule has 0 aliphatic heterocycles. The Bertz CT molecular complexity index is 598. The number of rotatable bonds is 3. The minimum absolute atomic E-state index is 0.0450. The van der Waals surface area contributed by atoms with Crippen LogP contribution in [0.1, 0.15) is 5.56 Å². The molecule has 0 fully saturated rings. The Morgan fingerprint density at radius 3 is 2.33 bits per heavy atom. The lowest BCUT2D eigenvalue weighted by molar-refractivity contribution is 0.540. The minimum atomic E-state index is -0.766. The largest absolute Gasteiger partial charge is 0.206 e. The van der Waals surface area contributed by atoms with E-state index in [1.807, 2.05) is 6.26 Å². The topological polar surface area (TPSA) is 49.6 Å². The molecule has 8 heteroatoms. The van der Waals surface area contributed by atoms with Crippen LogP contribution in [0.3, 0.4) is 0 Å². The molecule has 0 radical (unpaired) electrons. The Labute approximate surface area is 114 Å². The van der Waals surface area contributed by atoms with E-state index in [1.54, 1.807) is 6.07 Å². The fourth-order valence-electron chi connectivity index (χ4n) is 1.13. The molecule has 0 unspecified atom stereocenters. The summed E-state index contributed by atoms with van der Waals surface area (Å²) in [5.74, 6) is -1.53. The average Bonchev–Trinajstić information content (AvgIpc) is 2.81. The van der Waals surface area contributed by atoms with E-state index in [0.29, 0.717) is 4.34 Å². The molecule has 2 rings (SSSR count). The van der Waals surface area contributed by atoms with Crippen LogP contribution in [0, 0.1) is 23.0 Å². The summed E-state index contributed by atoms with van der Waals surface area (Å²) >= 11 is 3.54. The lowest BCUT2D eigenvalue weighted by atomic mass is 10.2. The van der Waals surface area contributed by atoms with Gasteiger partial charge < -0.3 is 0 Å². The molecule has 0 N–H and O–H groups in total. The number of benzene rings is 1. The van der Waals surface area contributed by atoms with Gasteiger partial charge in [0.05, 0.1) is 16.5 Å². The molecule has 0 saturated carbocycles. The molecule has 0 amide bonds. The van der Waals surface area contributed by atoms with E-state index < -0.39 is 11.6 Å². The van der Waals surface area contributed by atoms with Crippen molar-refractivity contribution in [3.05, 3.63) is 29.3 Å². The molecule has 0 aliphatic rings. The lowest BCUT2D eigenvalue weighted by Crippen LogP contribution is -1.90. The highest BCUT2D eigenvalue weighted by Crippen LogP contribution is 2.35. The number of halogens is 2. The Hall–Kier alpha value is -1.17. The number of aromatic nitrogens is 2. The standard InChI is InChI=1S/C10H5F2N3S3/c1-16-9-14-15-10(18-9)17-8-6(11)2-5(4-13)3-7(8)12/h2-3H,1H3. The molecule has 92 valence electrons. The zero-order valence-corrected chi connectivity index (χ0v) is 11.4. The smallest absolute Gasteiger partial charge is 0.180 e. The van der Waals surface area contributed by atoms with Crippen molar-refractivity contribution in [3.8, 4) is 6.07 Å². The van der Waals surface area contributed by atoms with Crippen molar-refractivity contribution < 1.29 is 8.78 Å². The summed E-state index contributed by atoms with van der Waals surface area (Å²) in [6, 6.07) is 3.70. The molecule has 1 heterocycles. The molecule has 0 aliphatic carbocycles. The predicted molar refractivity (Wildman–Crippen MR) is 66.9 cm³/mol. The Morgan fingerprint density at radius 1 is 1.22 bits per heavy atom. The number of nitriles is 1. The molecular formula is C10H5F2N3S3. The molecular weight excluding hydrogens is 296 g/mol. The van der Waals surface area contributed by atoms with Gasteiger partial charge in [-0.1, -0.05) is 34.9 Å². The van der Waals surface area contributed by atoms with Crippen molar-refractivity contribution in [3.63, 3.8) is 0 Å². The van der Waals surface area contributed by atoms with Crippen molar-refractivity contribution in [2.45, 2.75) is 13.6 Å². The van der Waals surface area contributed by atoms with Crippen molar-refractivity contribution in [1.82, 2.24) is 10.2 Å². The second-order valence-corrected chi connectivity index (χ2v) is 6.31. The SMILES string of the molecule is CSc1nnc(Sc2c(F)cc(C#N)cc2F)s1. The van der Waals surface area contributed by atoms with E-state index in [0.717, 1.165) is 28.2 Å². The summed E-state index contributed by atoms with van der Waals surface area (Å²) in [5.41, 5.74) is -0.0450. The summed E-state index contributed by atoms with van der Waals surface area (Å²) in [4.78, 5) is -0.169. The van der Waals surface area contributed by atoms with Gasteiger partial charge in [-0.2, -0.15) is 5.26 Å². The number of thioether (sulfide) groups is 1. The molecule has 1 aromatic heterocycles. The van der Waals surface area contributed by atoms with Crippen LogP contribution in [0.25, 0.3) is 0 Å². The molecule has 2 aromatic rings. The van der Waals surface area contributed by atoms with E-state index >= 15 is 0 Å². The number of hydrogen-bond acceptors (Lipinski definition) is 6.